The number of hydrogen-bond donors (Lipinski definition) is 1. The topological polar surface area (TPSA) is 32.6 Å². The van der Waals surface area contributed by atoms with Crippen molar-refractivity contribution in [3.05, 3.63) is 0 Å². The van der Waals surface area contributed by atoms with Gasteiger partial charge in [0.2, 0.25) is 0 Å². The summed E-state index contributed by atoms with van der Waals surface area (Å²) in [4.78, 5) is 0. The molecule has 12 heavy (non-hydrogen) atoms. The van der Waals surface area contributed by atoms with Gasteiger partial charge in [-0.3, -0.25) is 0 Å². The zero-order valence-electron chi connectivity index (χ0n) is 8.09. The normalized spacial score (nSPS) is 47.2. The maximum Gasteiger partial charge on any atom is 0.0688 e. The first-order valence-corrected chi connectivity index (χ1v) is 4.74. The van der Waals surface area contributed by atoms with Crippen LogP contribution >= 0.6 is 0 Å². The van der Waals surface area contributed by atoms with E-state index >= 15 is 0 Å². The number of fused-ring (bicyclic) bond motifs is 2. The van der Waals surface area contributed by atoms with Crippen molar-refractivity contribution in [3.63, 3.8) is 0 Å². The van der Waals surface area contributed by atoms with Crippen molar-refractivity contribution in [2.75, 3.05) is 0 Å². The predicted octanol–water partition coefficient (Wildman–Crippen LogP) is 2.66. The summed E-state index contributed by atoms with van der Waals surface area (Å²) >= 11 is 0. The lowest BCUT2D eigenvalue weighted by molar-refractivity contribution is 0.279. The minimum absolute atomic E-state index is 0.141. The minimum Gasteiger partial charge on any atom is -0.411 e. The fourth-order valence-corrected chi connectivity index (χ4v) is 3.29. The van der Waals surface area contributed by atoms with Crippen molar-refractivity contribution in [2.45, 2.75) is 40.0 Å². The van der Waals surface area contributed by atoms with Gasteiger partial charge in [-0.1, -0.05) is 25.9 Å². The third-order valence-corrected chi connectivity index (χ3v) is 4.04. The standard InChI is InChI=1S/C10H17NO/c1-9(2)7-4-5-10(3,6-7)8(9)11-12/h7,12H,4-6H2,1-3H3/b11-8+/t7-,10+/m0/s1. The van der Waals surface area contributed by atoms with E-state index in [0.717, 1.165) is 11.6 Å². The Morgan fingerprint density at radius 1 is 1.42 bits per heavy atom. The molecule has 2 aliphatic rings. The van der Waals surface area contributed by atoms with Crippen molar-refractivity contribution in [1.29, 1.82) is 0 Å². The fourth-order valence-electron chi connectivity index (χ4n) is 3.29. The quantitative estimate of drug-likeness (QED) is 0.436. The van der Waals surface area contributed by atoms with Crippen LogP contribution in [0.5, 0.6) is 0 Å². The molecular weight excluding hydrogens is 150 g/mol. The van der Waals surface area contributed by atoms with Gasteiger partial charge < -0.3 is 5.21 Å². The Kier molecular flexibility index (Phi) is 1.37. The Balaban J connectivity index is 2.45. The monoisotopic (exact) mass is 167 g/mol. The zero-order chi connectivity index (χ0) is 8.98. The summed E-state index contributed by atoms with van der Waals surface area (Å²) in [5.41, 5.74) is 1.39. The molecule has 2 fully saturated rings. The van der Waals surface area contributed by atoms with E-state index in [1.165, 1.54) is 19.3 Å². The Morgan fingerprint density at radius 2 is 2.08 bits per heavy atom. The van der Waals surface area contributed by atoms with Crippen LogP contribution in [-0.2, 0) is 0 Å². The highest BCUT2D eigenvalue weighted by Gasteiger charge is 2.57. The fraction of sp³-hybridized carbons (Fsp3) is 0.900. The number of oxime groups is 1. The first-order chi connectivity index (χ1) is 5.50. The van der Waals surface area contributed by atoms with Gasteiger partial charge in [-0.15, -0.1) is 0 Å². The Bertz CT molecular complexity index is 237. The van der Waals surface area contributed by atoms with Crippen LogP contribution in [0, 0.1) is 16.7 Å². The van der Waals surface area contributed by atoms with Crippen LogP contribution in [0.2, 0.25) is 0 Å². The Hall–Kier alpha value is -0.530. The zero-order valence-corrected chi connectivity index (χ0v) is 8.09. The SMILES string of the molecule is CC1(C)/C(=N\O)[C@]2(C)CC[C@H]1C2. The lowest BCUT2D eigenvalue weighted by atomic mass is 9.71. The lowest BCUT2D eigenvalue weighted by Crippen LogP contribution is -2.35. The van der Waals surface area contributed by atoms with Gasteiger partial charge >= 0.3 is 0 Å². The largest absolute Gasteiger partial charge is 0.411 e. The molecular formula is C10H17NO. The van der Waals surface area contributed by atoms with Crippen molar-refractivity contribution in [1.82, 2.24) is 0 Å². The van der Waals surface area contributed by atoms with E-state index < -0.39 is 0 Å². The van der Waals surface area contributed by atoms with Gasteiger partial charge in [-0.25, -0.2) is 0 Å². The molecule has 2 heteroatoms. The summed E-state index contributed by atoms with van der Waals surface area (Å²) in [7, 11) is 0. The molecule has 0 unspecified atom stereocenters. The summed E-state index contributed by atoms with van der Waals surface area (Å²) < 4.78 is 0. The van der Waals surface area contributed by atoms with E-state index in [-0.39, 0.29) is 10.8 Å². The predicted molar refractivity (Wildman–Crippen MR) is 48.5 cm³/mol. The molecule has 0 aliphatic heterocycles. The minimum atomic E-state index is 0.141. The maximum absolute atomic E-state index is 8.98. The number of rotatable bonds is 0. The maximum atomic E-state index is 8.98. The molecule has 2 nitrogen and oxygen atoms in total. The van der Waals surface area contributed by atoms with Gasteiger partial charge in [-0.2, -0.15) is 0 Å². The molecule has 0 spiro atoms. The second-order valence-corrected chi connectivity index (χ2v) is 5.17. The Morgan fingerprint density at radius 3 is 2.42 bits per heavy atom. The smallest absolute Gasteiger partial charge is 0.0688 e. The molecule has 0 aromatic carbocycles. The molecule has 1 N–H and O–H groups in total. The van der Waals surface area contributed by atoms with Crippen LogP contribution in [0.4, 0.5) is 0 Å². The summed E-state index contributed by atoms with van der Waals surface area (Å²) in [6.07, 6.45) is 3.74. The molecule has 0 heterocycles. The van der Waals surface area contributed by atoms with Crippen molar-refractivity contribution in [3.8, 4) is 0 Å². The van der Waals surface area contributed by atoms with E-state index in [4.69, 9.17) is 5.21 Å². The van der Waals surface area contributed by atoms with Gasteiger partial charge in [0.25, 0.3) is 0 Å². The third kappa shape index (κ3) is 0.732. The van der Waals surface area contributed by atoms with Crippen LogP contribution in [0.15, 0.2) is 5.16 Å². The van der Waals surface area contributed by atoms with Gasteiger partial charge in [-0.05, 0) is 25.2 Å². The molecule has 0 radical (unpaired) electrons. The van der Waals surface area contributed by atoms with E-state index in [2.05, 4.69) is 25.9 Å². The average molecular weight is 167 g/mol. The third-order valence-electron chi connectivity index (χ3n) is 4.04. The van der Waals surface area contributed by atoms with Gasteiger partial charge in [0, 0.05) is 10.8 Å². The van der Waals surface area contributed by atoms with Crippen LogP contribution in [0.25, 0.3) is 0 Å². The van der Waals surface area contributed by atoms with E-state index in [1.807, 2.05) is 0 Å². The van der Waals surface area contributed by atoms with Crippen molar-refractivity contribution >= 4 is 5.71 Å². The van der Waals surface area contributed by atoms with Gasteiger partial charge in [0.15, 0.2) is 0 Å². The molecule has 0 aromatic rings. The second-order valence-electron chi connectivity index (χ2n) is 5.17. The molecule has 2 bridgehead atoms. The van der Waals surface area contributed by atoms with E-state index in [9.17, 15) is 0 Å². The van der Waals surface area contributed by atoms with E-state index in [0.29, 0.717) is 0 Å². The highest BCUT2D eigenvalue weighted by Crippen LogP contribution is 2.60. The second kappa shape index (κ2) is 2.04. The lowest BCUT2D eigenvalue weighted by Gasteiger charge is -2.33. The average Bonchev–Trinajstić information content (AvgIpc) is 2.39. The summed E-state index contributed by atoms with van der Waals surface area (Å²) in [6, 6.07) is 0. The number of nitrogens with zero attached hydrogens (tertiary/aromatic N) is 1. The van der Waals surface area contributed by atoms with Crippen LogP contribution in [0.1, 0.15) is 40.0 Å². The van der Waals surface area contributed by atoms with Crippen LogP contribution in [-0.4, -0.2) is 10.9 Å². The molecule has 0 saturated heterocycles. The Labute approximate surface area is 73.7 Å². The first-order valence-electron chi connectivity index (χ1n) is 4.74. The van der Waals surface area contributed by atoms with E-state index in [1.54, 1.807) is 0 Å². The molecule has 2 saturated carbocycles. The number of hydrogen-bond acceptors (Lipinski definition) is 2. The first kappa shape index (κ1) is 8.09. The highest BCUT2D eigenvalue weighted by molar-refractivity contribution is 5.97. The molecule has 2 atom stereocenters. The van der Waals surface area contributed by atoms with Gasteiger partial charge in [0.05, 0.1) is 5.71 Å². The van der Waals surface area contributed by atoms with Gasteiger partial charge in [0.1, 0.15) is 0 Å². The van der Waals surface area contributed by atoms with Crippen LogP contribution in [0.3, 0.4) is 0 Å². The summed E-state index contributed by atoms with van der Waals surface area (Å²) in [5.74, 6) is 0.744. The van der Waals surface area contributed by atoms with Crippen molar-refractivity contribution in [2.24, 2.45) is 21.9 Å². The molecule has 2 aliphatic carbocycles. The molecule has 0 aromatic heterocycles. The van der Waals surface area contributed by atoms with Crippen LogP contribution < -0.4 is 0 Å². The summed E-state index contributed by atoms with van der Waals surface area (Å²) in [6.45, 7) is 6.64. The van der Waals surface area contributed by atoms with Crippen molar-refractivity contribution < 1.29 is 5.21 Å². The molecule has 68 valence electrons. The highest BCUT2D eigenvalue weighted by atomic mass is 16.4. The molecule has 2 rings (SSSR count). The summed E-state index contributed by atoms with van der Waals surface area (Å²) in [5, 5.41) is 12.5. The molecule has 0 amide bonds.